The standard InChI is InChI=1S/C31H28BrN3O3/c32-31-23-12-6-4-10-21(23)26(22-11-5-7-13-24(22)31)27-28(31)30(38)35(29(27)37)19-25(36)34-16-14-33(15-17-34)18-20-8-2-1-3-9-20/h1-13,26-28H,14-19H2/t26?,27-,28-,31?/m0/s1. The first-order valence-electron chi connectivity index (χ1n) is 13.3. The Kier molecular flexibility index (Phi) is 5.57. The van der Waals surface area contributed by atoms with Gasteiger partial charge < -0.3 is 4.90 Å². The number of halogens is 1. The molecule has 192 valence electrons. The lowest BCUT2D eigenvalue weighted by Gasteiger charge is -2.51. The lowest BCUT2D eigenvalue weighted by Crippen LogP contribution is -2.51. The van der Waals surface area contributed by atoms with Crippen molar-refractivity contribution in [3.05, 3.63) is 107 Å². The van der Waals surface area contributed by atoms with Crippen LogP contribution in [0.1, 0.15) is 33.7 Å². The number of likely N-dealkylation sites (tertiary alicyclic amines) is 1. The number of imide groups is 1. The quantitative estimate of drug-likeness (QED) is 0.355. The molecule has 6 nitrogen and oxygen atoms in total. The Morgan fingerprint density at radius 1 is 0.789 bits per heavy atom. The number of alkyl halides is 1. The summed E-state index contributed by atoms with van der Waals surface area (Å²) in [7, 11) is 0. The molecule has 2 fully saturated rings. The van der Waals surface area contributed by atoms with E-state index in [1.54, 1.807) is 4.90 Å². The van der Waals surface area contributed by atoms with Gasteiger partial charge in [0.1, 0.15) is 6.54 Å². The van der Waals surface area contributed by atoms with E-state index in [0.717, 1.165) is 41.9 Å². The van der Waals surface area contributed by atoms with E-state index in [4.69, 9.17) is 0 Å². The Morgan fingerprint density at radius 3 is 2.00 bits per heavy atom. The maximum atomic E-state index is 13.9. The number of amides is 3. The van der Waals surface area contributed by atoms with Crippen LogP contribution in [0.3, 0.4) is 0 Å². The van der Waals surface area contributed by atoms with Crippen LogP contribution in [0.5, 0.6) is 0 Å². The summed E-state index contributed by atoms with van der Waals surface area (Å²) in [4.78, 5) is 46.6. The van der Waals surface area contributed by atoms with Gasteiger partial charge in [0.25, 0.3) is 0 Å². The smallest absolute Gasteiger partial charge is 0.242 e. The number of hydrogen-bond acceptors (Lipinski definition) is 4. The zero-order chi connectivity index (χ0) is 26.0. The van der Waals surface area contributed by atoms with Crippen LogP contribution in [0.15, 0.2) is 78.9 Å². The van der Waals surface area contributed by atoms with Gasteiger partial charge in [-0.05, 0) is 27.8 Å². The van der Waals surface area contributed by atoms with Crippen LogP contribution < -0.4 is 0 Å². The molecular formula is C31H28BrN3O3. The summed E-state index contributed by atoms with van der Waals surface area (Å²) >= 11 is 4.01. The molecule has 38 heavy (non-hydrogen) atoms. The molecule has 2 heterocycles. The largest absolute Gasteiger partial charge is 0.339 e. The summed E-state index contributed by atoms with van der Waals surface area (Å²) in [5.41, 5.74) is 5.53. The van der Waals surface area contributed by atoms with Crippen LogP contribution in [0.4, 0.5) is 0 Å². The van der Waals surface area contributed by atoms with Crippen molar-refractivity contribution >= 4 is 33.7 Å². The minimum Gasteiger partial charge on any atom is -0.339 e. The lowest BCUT2D eigenvalue weighted by atomic mass is 9.55. The molecule has 7 heteroatoms. The number of hydrogen-bond donors (Lipinski definition) is 0. The molecule has 0 N–H and O–H groups in total. The summed E-state index contributed by atoms with van der Waals surface area (Å²) in [5, 5.41) is 0. The fourth-order valence-electron chi connectivity index (χ4n) is 7.13. The highest BCUT2D eigenvalue weighted by Crippen LogP contribution is 2.66. The molecule has 2 atom stereocenters. The van der Waals surface area contributed by atoms with Crippen molar-refractivity contribution in [2.24, 2.45) is 11.8 Å². The third-order valence-electron chi connectivity index (χ3n) is 8.87. The highest BCUT2D eigenvalue weighted by atomic mass is 79.9. The van der Waals surface area contributed by atoms with Crippen LogP contribution in [0.2, 0.25) is 0 Å². The van der Waals surface area contributed by atoms with Gasteiger partial charge in [0, 0.05) is 38.6 Å². The van der Waals surface area contributed by atoms with E-state index in [-0.39, 0.29) is 30.2 Å². The average molecular weight is 570 g/mol. The molecule has 0 aromatic heterocycles. The fraction of sp³-hybridized carbons (Fsp3) is 0.323. The van der Waals surface area contributed by atoms with Crippen molar-refractivity contribution in [2.45, 2.75) is 16.8 Å². The Balaban J connectivity index is 1.11. The number of nitrogens with zero attached hydrogens (tertiary/aromatic N) is 3. The monoisotopic (exact) mass is 569 g/mol. The SMILES string of the molecule is O=C(CN1C(=O)[C@@H]2[C@@H](C1=O)C1c3ccccc3C2(Br)c2ccccc21)N1CCN(Cc2ccccc2)CC1. The molecule has 5 aliphatic rings. The second kappa shape index (κ2) is 8.89. The van der Waals surface area contributed by atoms with Crippen molar-refractivity contribution < 1.29 is 14.4 Å². The Bertz CT molecular complexity index is 1400. The molecular weight excluding hydrogens is 542 g/mol. The summed E-state index contributed by atoms with van der Waals surface area (Å²) in [6.07, 6.45) is 0. The molecule has 3 aromatic rings. The summed E-state index contributed by atoms with van der Waals surface area (Å²) in [6.45, 7) is 3.39. The number of rotatable bonds is 4. The normalized spacial score (nSPS) is 27.8. The summed E-state index contributed by atoms with van der Waals surface area (Å²) in [5.74, 6) is -1.90. The van der Waals surface area contributed by atoms with Gasteiger partial charge in [-0.1, -0.05) is 94.8 Å². The molecule has 0 saturated carbocycles. The zero-order valence-corrected chi connectivity index (χ0v) is 22.5. The van der Waals surface area contributed by atoms with Gasteiger partial charge >= 0.3 is 0 Å². The van der Waals surface area contributed by atoms with Gasteiger partial charge in [0.2, 0.25) is 17.7 Å². The molecule has 3 aliphatic carbocycles. The predicted octanol–water partition coefficient (Wildman–Crippen LogP) is 3.73. The first-order valence-corrected chi connectivity index (χ1v) is 14.0. The van der Waals surface area contributed by atoms with E-state index >= 15 is 0 Å². The van der Waals surface area contributed by atoms with Gasteiger partial charge in [-0.2, -0.15) is 0 Å². The van der Waals surface area contributed by atoms with Gasteiger partial charge in [0.05, 0.1) is 16.2 Å². The molecule has 0 unspecified atom stereocenters. The average Bonchev–Trinajstić information content (AvgIpc) is 3.20. The number of carbonyl (C=O) groups excluding carboxylic acids is 3. The lowest BCUT2D eigenvalue weighted by molar-refractivity contribution is -0.147. The van der Waals surface area contributed by atoms with Crippen molar-refractivity contribution in [3.8, 4) is 0 Å². The van der Waals surface area contributed by atoms with Crippen molar-refractivity contribution in [1.29, 1.82) is 0 Å². The van der Waals surface area contributed by atoms with Crippen LogP contribution >= 0.6 is 15.9 Å². The maximum absolute atomic E-state index is 13.9. The molecule has 2 bridgehead atoms. The van der Waals surface area contributed by atoms with E-state index in [0.29, 0.717) is 13.1 Å². The van der Waals surface area contributed by atoms with Crippen molar-refractivity contribution in [1.82, 2.24) is 14.7 Å². The minimum atomic E-state index is -0.785. The molecule has 2 aliphatic heterocycles. The molecule has 8 rings (SSSR count). The first kappa shape index (κ1) is 23.8. The predicted molar refractivity (Wildman–Crippen MR) is 146 cm³/mol. The second-order valence-electron chi connectivity index (χ2n) is 10.8. The summed E-state index contributed by atoms with van der Waals surface area (Å²) < 4.78 is -0.785. The Morgan fingerprint density at radius 2 is 1.37 bits per heavy atom. The highest BCUT2D eigenvalue weighted by molar-refractivity contribution is 9.09. The van der Waals surface area contributed by atoms with Gasteiger partial charge in [-0.25, -0.2) is 0 Å². The van der Waals surface area contributed by atoms with E-state index in [1.165, 1.54) is 10.5 Å². The first-order chi connectivity index (χ1) is 18.5. The Hall–Kier alpha value is -3.29. The van der Waals surface area contributed by atoms with Gasteiger partial charge in [0.15, 0.2) is 0 Å². The van der Waals surface area contributed by atoms with Crippen LogP contribution in [-0.4, -0.2) is 65.1 Å². The second-order valence-corrected chi connectivity index (χ2v) is 12.0. The zero-order valence-electron chi connectivity index (χ0n) is 20.9. The molecule has 2 saturated heterocycles. The Labute approximate surface area is 230 Å². The van der Waals surface area contributed by atoms with E-state index < -0.39 is 16.2 Å². The van der Waals surface area contributed by atoms with Crippen LogP contribution in [0.25, 0.3) is 0 Å². The fourth-order valence-corrected chi connectivity index (χ4v) is 8.33. The highest BCUT2D eigenvalue weighted by Gasteiger charge is 2.67. The topological polar surface area (TPSA) is 60.9 Å². The van der Waals surface area contributed by atoms with Gasteiger partial charge in [-0.15, -0.1) is 0 Å². The van der Waals surface area contributed by atoms with Gasteiger partial charge in [-0.3, -0.25) is 24.2 Å². The third-order valence-corrected chi connectivity index (χ3v) is 10.2. The van der Waals surface area contributed by atoms with E-state index in [2.05, 4.69) is 57.2 Å². The van der Waals surface area contributed by atoms with Crippen molar-refractivity contribution in [2.75, 3.05) is 32.7 Å². The molecule has 0 radical (unpaired) electrons. The molecule has 0 spiro atoms. The van der Waals surface area contributed by atoms with Crippen LogP contribution in [-0.2, 0) is 25.3 Å². The third kappa shape index (κ3) is 3.38. The van der Waals surface area contributed by atoms with E-state index in [9.17, 15) is 14.4 Å². The minimum absolute atomic E-state index is 0.157. The summed E-state index contributed by atoms with van der Waals surface area (Å²) in [6, 6.07) is 26.5. The molecule has 3 aromatic carbocycles. The number of carbonyl (C=O) groups is 3. The van der Waals surface area contributed by atoms with Crippen LogP contribution in [0, 0.1) is 11.8 Å². The van der Waals surface area contributed by atoms with E-state index in [1.807, 2.05) is 42.5 Å². The number of benzene rings is 3. The van der Waals surface area contributed by atoms with Crippen molar-refractivity contribution in [3.63, 3.8) is 0 Å². The maximum Gasteiger partial charge on any atom is 0.242 e. The number of piperazine rings is 1. The molecule has 3 amide bonds.